The van der Waals surface area contributed by atoms with Gasteiger partial charge >= 0.3 is 0 Å². The molecular weight excluding hydrogens is 399 g/mol. The molecule has 2 heterocycles. The lowest BCUT2D eigenvalue weighted by atomic mass is 9.97. The van der Waals surface area contributed by atoms with Gasteiger partial charge in [-0.25, -0.2) is 0 Å². The molecule has 0 N–H and O–H groups in total. The number of methoxy groups -OCH3 is 2. The van der Waals surface area contributed by atoms with Crippen molar-refractivity contribution in [2.45, 2.75) is 12.5 Å². The Morgan fingerprint density at radius 2 is 1.68 bits per heavy atom. The van der Waals surface area contributed by atoms with Crippen LogP contribution in [0.15, 0.2) is 42.5 Å². The molecule has 2 aliphatic rings. The van der Waals surface area contributed by atoms with Crippen LogP contribution in [0.25, 0.3) is 0 Å². The van der Waals surface area contributed by atoms with Crippen molar-refractivity contribution in [1.29, 1.82) is 0 Å². The van der Waals surface area contributed by atoms with E-state index in [0.717, 1.165) is 56.5 Å². The zero-order chi connectivity index (χ0) is 17.9. The number of nitrogens with zero attached hydrogens (tertiary/aromatic N) is 2. The lowest BCUT2D eigenvalue weighted by molar-refractivity contribution is 0.133. The number of benzene rings is 2. The Labute approximate surface area is 179 Å². The Kier molecular flexibility index (Phi) is 8.10. The predicted molar refractivity (Wildman–Crippen MR) is 117 cm³/mol. The van der Waals surface area contributed by atoms with Gasteiger partial charge in [0.2, 0.25) is 0 Å². The zero-order valence-electron chi connectivity index (χ0n) is 16.3. The SMILES string of the molecule is COc1ccc2c(c1)C(N1CCN(c3ccccc3OC)CC1)CCO2.Cl.Cl. The van der Waals surface area contributed by atoms with Gasteiger partial charge in [-0.05, 0) is 30.3 Å². The molecule has 0 spiro atoms. The molecule has 28 heavy (non-hydrogen) atoms. The summed E-state index contributed by atoms with van der Waals surface area (Å²) in [6.07, 6.45) is 1.02. The first-order valence-electron chi connectivity index (χ1n) is 9.23. The average Bonchev–Trinajstić information content (AvgIpc) is 2.73. The third-order valence-corrected chi connectivity index (χ3v) is 5.41. The van der Waals surface area contributed by atoms with Gasteiger partial charge in [0, 0.05) is 44.2 Å². The number of anilines is 1. The number of piperazine rings is 1. The molecule has 2 aromatic rings. The predicted octanol–water partition coefficient (Wildman–Crippen LogP) is 4.19. The van der Waals surface area contributed by atoms with Crippen molar-refractivity contribution in [3.63, 3.8) is 0 Å². The molecule has 2 aromatic carbocycles. The van der Waals surface area contributed by atoms with Crippen LogP contribution in [0.5, 0.6) is 17.2 Å². The number of hydrogen-bond donors (Lipinski definition) is 0. The maximum Gasteiger partial charge on any atom is 0.142 e. The topological polar surface area (TPSA) is 34.2 Å². The molecule has 0 radical (unpaired) electrons. The maximum absolute atomic E-state index is 5.86. The molecule has 1 fully saturated rings. The average molecular weight is 427 g/mol. The van der Waals surface area contributed by atoms with E-state index in [4.69, 9.17) is 14.2 Å². The molecule has 0 aromatic heterocycles. The van der Waals surface area contributed by atoms with Crippen molar-refractivity contribution in [2.24, 2.45) is 0 Å². The van der Waals surface area contributed by atoms with E-state index in [1.807, 2.05) is 24.3 Å². The number of rotatable bonds is 4. The first-order chi connectivity index (χ1) is 12.8. The number of ether oxygens (including phenoxy) is 3. The highest BCUT2D eigenvalue weighted by Gasteiger charge is 2.30. The van der Waals surface area contributed by atoms with Crippen molar-refractivity contribution in [3.8, 4) is 17.2 Å². The van der Waals surface area contributed by atoms with Crippen LogP contribution < -0.4 is 19.1 Å². The highest BCUT2D eigenvalue weighted by atomic mass is 35.5. The minimum absolute atomic E-state index is 0. The molecular formula is C21H28Cl2N2O3. The van der Waals surface area contributed by atoms with E-state index in [1.165, 1.54) is 11.3 Å². The largest absolute Gasteiger partial charge is 0.497 e. The van der Waals surface area contributed by atoms with Crippen LogP contribution in [0.4, 0.5) is 5.69 Å². The van der Waals surface area contributed by atoms with Crippen LogP contribution in [-0.4, -0.2) is 51.9 Å². The molecule has 4 rings (SSSR count). The Bertz CT molecular complexity index is 767. The molecule has 5 nitrogen and oxygen atoms in total. The summed E-state index contributed by atoms with van der Waals surface area (Å²) < 4.78 is 16.8. The number of para-hydroxylation sites is 2. The molecule has 0 saturated carbocycles. The van der Waals surface area contributed by atoms with E-state index >= 15 is 0 Å². The van der Waals surface area contributed by atoms with E-state index in [-0.39, 0.29) is 24.8 Å². The fraction of sp³-hybridized carbons (Fsp3) is 0.429. The normalized spacial score (nSPS) is 18.8. The first kappa shape index (κ1) is 22.5. The first-order valence-corrected chi connectivity index (χ1v) is 9.23. The zero-order valence-corrected chi connectivity index (χ0v) is 17.9. The van der Waals surface area contributed by atoms with Crippen molar-refractivity contribution >= 4 is 30.5 Å². The summed E-state index contributed by atoms with van der Waals surface area (Å²) in [5.41, 5.74) is 2.44. The van der Waals surface area contributed by atoms with Gasteiger partial charge < -0.3 is 19.1 Å². The lowest BCUT2D eigenvalue weighted by Crippen LogP contribution is -2.48. The Balaban J connectivity index is 0.00000140. The second kappa shape index (κ2) is 10.1. The van der Waals surface area contributed by atoms with Gasteiger partial charge in [0.15, 0.2) is 0 Å². The highest BCUT2D eigenvalue weighted by molar-refractivity contribution is 5.85. The lowest BCUT2D eigenvalue weighted by Gasteiger charge is -2.42. The van der Waals surface area contributed by atoms with Crippen LogP contribution in [0.3, 0.4) is 0 Å². The Morgan fingerprint density at radius 1 is 0.929 bits per heavy atom. The number of halogens is 2. The molecule has 0 bridgehead atoms. The fourth-order valence-corrected chi connectivity index (χ4v) is 4.03. The minimum Gasteiger partial charge on any atom is -0.497 e. The monoisotopic (exact) mass is 426 g/mol. The molecule has 7 heteroatoms. The summed E-state index contributed by atoms with van der Waals surface area (Å²) >= 11 is 0. The van der Waals surface area contributed by atoms with Gasteiger partial charge in [-0.2, -0.15) is 0 Å². The van der Waals surface area contributed by atoms with Crippen LogP contribution in [0.2, 0.25) is 0 Å². The van der Waals surface area contributed by atoms with Gasteiger partial charge in [-0.1, -0.05) is 12.1 Å². The smallest absolute Gasteiger partial charge is 0.142 e. The summed E-state index contributed by atoms with van der Waals surface area (Å²) in [7, 11) is 3.45. The van der Waals surface area contributed by atoms with Gasteiger partial charge in [-0.3, -0.25) is 4.90 Å². The summed E-state index contributed by atoms with van der Waals surface area (Å²) in [4.78, 5) is 4.99. The van der Waals surface area contributed by atoms with E-state index < -0.39 is 0 Å². The third kappa shape index (κ3) is 4.43. The van der Waals surface area contributed by atoms with Crippen LogP contribution in [0, 0.1) is 0 Å². The summed E-state index contributed by atoms with van der Waals surface area (Å²) in [5, 5.41) is 0. The van der Waals surface area contributed by atoms with E-state index in [0.29, 0.717) is 6.04 Å². The molecule has 154 valence electrons. The standard InChI is InChI=1S/C21H26N2O3.2ClH/c1-24-16-7-8-20-17(15-16)18(9-14-26-20)22-10-12-23(13-11-22)19-5-3-4-6-21(19)25-2;;/h3-8,15,18H,9-14H2,1-2H3;2*1H. The summed E-state index contributed by atoms with van der Waals surface area (Å²) in [5.74, 6) is 2.84. The molecule has 1 saturated heterocycles. The van der Waals surface area contributed by atoms with Gasteiger partial charge in [0.1, 0.15) is 17.2 Å². The molecule has 2 aliphatic heterocycles. The molecule has 0 aliphatic carbocycles. The van der Waals surface area contributed by atoms with Gasteiger partial charge in [0.05, 0.1) is 26.5 Å². The van der Waals surface area contributed by atoms with E-state index in [9.17, 15) is 0 Å². The van der Waals surface area contributed by atoms with Crippen LogP contribution >= 0.6 is 24.8 Å². The van der Waals surface area contributed by atoms with Crippen molar-refractivity contribution in [2.75, 3.05) is 51.9 Å². The van der Waals surface area contributed by atoms with Crippen LogP contribution in [0.1, 0.15) is 18.0 Å². The quantitative estimate of drug-likeness (QED) is 0.731. The maximum atomic E-state index is 5.86. The number of fused-ring (bicyclic) bond motifs is 1. The fourth-order valence-electron chi connectivity index (χ4n) is 4.03. The number of hydrogen-bond acceptors (Lipinski definition) is 5. The van der Waals surface area contributed by atoms with E-state index in [1.54, 1.807) is 14.2 Å². The second-order valence-electron chi connectivity index (χ2n) is 6.75. The second-order valence-corrected chi connectivity index (χ2v) is 6.75. The van der Waals surface area contributed by atoms with Crippen molar-refractivity contribution in [1.82, 2.24) is 4.90 Å². The Morgan fingerprint density at radius 3 is 2.39 bits per heavy atom. The van der Waals surface area contributed by atoms with Crippen molar-refractivity contribution in [3.05, 3.63) is 48.0 Å². The van der Waals surface area contributed by atoms with E-state index in [2.05, 4.69) is 28.0 Å². The minimum atomic E-state index is 0. The van der Waals surface area contributed by atoms with Gasteiger partial charge in [-0.15, -0.1) is 24.8 Å². The van der Waals surface area contributed by atoms with Crippen molar-refractivity contribution < 1.29 is 14.2 Å². The third-order valence-electron chi connectivity index (χ3n) is 5.41. The summed E-state index contributed by atoms with van der Waals surface area (Å²) in [6.45, 7) is 4.82. The summed E-state index contributed by atoms with van der Waals surface area (Å²) in [6, 6.07) is 14.8. The van der Waals surface area contributed by atoms with Gasteiger partial charge in [0.25, 0.3) is 0 Å². The Hall–Kier alpha value is -1.82. The molecule has 1 unspecified atom stereocenters. The van der Waals surface area contributed by atoms with Crippen LogP contribution in [-0.2, 0) is 0 Å². The molecule has 0 amide bonds. The molecule has 1 atom stereocenters. The highest BCUT2D eigenvalue weighted by Crippen LogP contribution is 2.39.